The summed E-state index contributed by atoms with van der Waals surface area (Å²) in [5, 5.41) is 0. The minimum absolute atomic E-state index is 0.290. The van der Waals surface area contributed by atoms with Crippen molar-refractivity contribution in [3.8, 4) is 0 Å². The van der Waals surface area contributed by atoms with Gasteiger partial charge in [-0.3, -0.25) is 4.90 Å². The van der Waals surface area contributed by atoms with Crippen LogP contribution in [0.25, 0.3) is 0 Å². The normalized spacial score (nSPS) is 24.3. The summed E-state index contributed by atoms with van der Waals surface area (Å²) in [6.45, 7) is 14.0. The molecule has 2 rings (SSSR count). The van der Waals surface area contributed by atoms with Crippen LogP contribution in [0.5, 0.6) is 0 Å². The minimum Gasteiger partial charge on any atom is -0.329 e. The Labute approximate surface area is 125 Å². The van der Waals surface area contributed by atoms with E-state index in [2.05, 4.69) is 30.6 Å². The molecule has 3 nitrogen and oxygen atoms in total. The SMILES string of the molecule is CCN(CC1CCC1)C1(CN)CCN(CC(C)C)CC1. The molecule has 1 aliphatic carbocycles. The third-order valence-corrected chi connectivity index (χ3v) is 5.55. The van der Waals surface area contributed by atoms with Gasteiger partial charge in [0.25, 0.3) is 0 Å². The van der Waals surface area contributed by atoms with Crippen molar-refractivity contribution in [3.05, 3.63) is 0 Å². The Bertz CT molecular complexity index is 278. The van der Waals surface area contributed by atoms with Crippen LogP contribution in [-0.2, 0) is 0 Å². The average Bonchev–Trinajstić information content (AvgIpc) is 2.39. The summed E-state index contributed by atoms with van der Waals surface area (Å²) in [5.74, 6) is 1.73. The first-order valence-electron chi connectivity index (χ1n) is 8.77. The number of likely N-dealkylation sites (tertiary alicyclic amines) is 1. The molecule has 0 bridgehead atoms. The molecule has 0 aromatic heterocycles. The van der Waals surface area contributed by atoms with E-state index in [4.69, 9.17) is 5.73 Å². The van der Waals surface area contributed by atoms with Gasteiger partial charge in [-0.25, -0.2) is 0 Å². The zero-order valence-electron chi connectivity index (χ0n) is 13.9. The molecule has 2 aliphatic rings. The zero-order valence-corrected chi connectivity index (χ0v) is 13.9. The molecule has 0 spiro atoms. The largest absolute Gasteiger partial charge is 0.329 e. The van der Waals surface area contributed by atoms with Gasteiger partial charge in [-0.1, -0.05) is 27.2 Å². The maximum absolute atomic E-state index is 6.24. The first kappa shape index (κ1) is 16.3. The zero-order chi connectivity index (χ0) is 14.6. The van der Waals surface area contributed by atoms with Crippen LogP contribution in [-0.4, -0.2) is 54.6 Å². The molecule has 0 amide bonds. The standard InChI is InChI=1S/C17H35N3/c1-4-20(13-16-6-5-7-16)17(14-18)8-10-19(11-9-17)12-15(2)3/h15-16H,4-14,18H2,1-3H3. The van der Waals surface area contributed by atoms with E-state index in [0.717, 1.165) is 24.9 Å². The van der Waals surface area contributed by atoms with Gasteiger partial charge < -0.3 is 10.6 Å². The van der Waals surface area contributed by atoms with Gasteiger partial charge in [0, 0.05) is 25.2 Å². The highest BCUT2D eigenvalue weighted by Crippen LogP contribution is 2.33. The predicted molar refractivity (Wildman–Crippen MR) is 86.9 cm³/mol. The van der Waals surface area contributed by atoms with E-state index in [1.165, 1.54) is 58.3 Å². The summed E-state index contributed by atoms with van der Waals surface area (Å²) >= 11 is 0. The fourth-order valence-electron chi connectivity index (χ4n) is 3.96. The molecule has 2 fully saturated rings. The lowest BCUT2D eigenvalue weighted by Crippen LogP contribution is -2.60. The molecule has 1 saturated carbocycles. The molecule has 0 aromatic carbocycles. The monoisotopic (exact) mass is 281 g/mol. The van der Waals surface area contributed by atoms with Crippen molar-refractivity contribution >= 4 is 0 Å². The number of piperidine rings is 1. The second-order valence-electron chi connectivity index (χ2n) is 7.46. The molecule has 1 aliphatic heterocycles. The van der Waals surface area contributed by atoms with Crippen molar-refractivity contribution in [2.24, 2.45) is 17.6 Å². The van der Waals surface area contributed by atoms with E-state index in [0.29, 0.717) is 0 Å². The Morgan fingerprint density at radius 3 is 2.30 bits per heavy atom. The Morgan fingerprint density at radius 1 is 1.25 bits per heavy atom. The van der Waals surface area contributed by atoms with Crippen molar-refractivity contribution in [1.82, 2.24) is 9.80 Å². The number of nitrogens with zero attached hydrogens (tertiary/aromatic N) is 2. The van der Waals surface area contributed by atoms with Gasteiger partial charge in [0.2, 0.25) is 0 Å². The lowest BCUT2D eigenvalue weighted by atomic mass is 9.80. The van der Waals surface area contributed by atoms with Gasteiger partial charge in [-0.05, 0) is 57.2 Å². The van der Waals surface area contributed by atoms with Crippen LogP contribution in [0.1, 0.15) is 52.9 Å². The van der Waals surface area contributed by atoms with Gasteiger partial charge in [-0.15, -0.1) is 0 Å². The van der Waals surface area contributed by atoms with Crippen LogP contribution >= 0.6 is 0 Å². The number of hydrogen-bond acceptors (Lipinski definition) is 3. The summed E-state index contributed by atoms with van der Waals surface area (Å²) in [7, 11) is 0. The first-order chi connectivity index (χ1) is 9.59. The van der Waals surface area contributed by atoms with Crippen molar-refractivity contribution in [3.63, 3.8) is 0 Å². The Balaban J connectivity index is 1.91. The van der Waals surface area contributed by atoms with E-state index in [1.54, 1.807) is 0 Å². The van der Waals surface area contributed by atoms with Crippen LogP contribution in [0.3, 0.4) is 0 Å². The summed E-state index contributed by atoms with van der Waals surface area (Å²) in [5.41, 5.74) is 6.53. The van der Waals surface area contributed by atoms with E-state index in [-0.39, 0.29) is 5.54 Å². The summed E-state index contributed by atoms with van der Waals surface area (Å²) < 4.78 is 0. The lowest BCUT2D eigenvalue weighted by Gasteiger charge is -2.50. The number of likely N-dealkylation sites (N-methyl/N-ethyl adjacent to an activating group) is 1. The fraction of sp³-hybridized carbons (Fsp3) is 1.00. The minimum atomic E-state index is 0.290. The van der Waals surface area contributed by atoms with Crippen LogP contribution < -0.4 is 5.73 Å². The number of hydrogen-bond donors (Lipinski definition) is 1. The van der Waals surface area contributed by atoms with E-state index >= 15 is 0 Å². The van der Waals surface area contributed by atoms with Crippen LogP contribution in [0.15, 0.2) is 0 Å². The van der Waals surface area contributed by atoms with Gasteiger partial charge in [0.05, 0.1) is 0 Å². The third kappa shape index (κ3) is 3.75. The van der Waals surface area contributed by atoms with E-state index < -0.39 is 0 Å². The molecule has 0 atom stereocenters. The highest BCUT2D eigenvalue weighted by atomic mass is 15.2. The molecular weight excluding hydrogens is 246 g/mol. The summed E-state index contributed by atoms with van der Waals surface area (Å²) in [6, 6.07) is 0. The van der Waals surface area contributed by atoms with E-state index in [9.17, 15) is 0 Å². The molecule has 1 heterocycles. The molecule has 3 heteroatoms. The Kier molecular flexibility index (Phi) is 5.88. The lowest BCUT2D eigenvalue weighted by molar-refractivity contribution is 0.00846. The topological polar surface area (TPSA) is 32.5 Å². The highest BCUT2D eigenvalue weighted by molar-refractivity contribution is 4.97. The fourth-order valence-corrected chi connectivity index (χ4v) is 3.96. The molecule has 0 unspecified atom stereocenters. The van der Waals surface area contributed by atoms with Crippen LogP contribution in [0.2, 0.25) is 0 Å². The van der Waals surface area contributed by atoms with Gasteiger partial charge in [-0.2, -0.15) is 0 Å². The second kappa shape index (κ2) is 7.24. The van der Waals surface area contributed by atoms with Gasteiger partial charge in [0.1, 0.15) is 0 Å². The molecule has 0 aromatic rings. The Hall–Kier alpha value is -0.120. The average molecular weight is 281 g/mol. The summed E-state index contributed by atoms with van der Waals surface area (Å²) in [6.07, 6.45) is 6.85. The molecule has 0 radical (unpaired) electrons. The molecule has 1 saturated heterocycles. The van der Waals surface area contributed by atoms with Crippen LogP contribution in [0, 0.1) is 11.8 Å². The van der Waals surface area contributed by atoms with Crippen LogP contribution in [0.4, 0.5) is 0 Å². The maximum Gasteiger partial charge on any atom is 0.0356 e. The molecule has 2 N–H and O–H groups in total. The highest BCUT2D eigenvalue weighted by Gasteiger charge is 2.39. The smallest absolute Gasteiger partial charge is 0.0356 e. The van der Waals surface area contributed by atoms with Crippen molar-refractivity contribution in [1.29, 1.82) is 0 Å². The third-order valence-electron chi connectivity index (χ3n) is 5.55. The van der Waals surface area contributed by atoms with Gasteiger partial charge >= 0.3 is 0 Å². The maximum atomic E-state index is 6.24. The van der Waals surface area contributed by atoms with Crippen molar-refractivity contribution in [2.45, 2.75) is 58.4 Å². The second-order valence-corrected chi connectivity index (χ2v) is 7.46. The number of nitrogens with two attached hydrogens (primary N) is 1. The Morgan fingerprint density at radius 2 is 1.90 bits per heavy atom. The van der Waals surface area contributed by atoms with Crippen molar-refractivity contribution in [2.75, 3.05) is 39.3 Å². The van der Waals surface area contributed by atoms with Crippen molar-refractivity contribution < 1.29 is 0 Å². The first-order valence-corrected chi connectivity index (χ1v) is 8.77. The molecule has 20 heavy (non-hydrogen) atoms. The summed E-state index contributed by atoms with van der Waals surface area (Å²) in [4.78, 5) is 5.36. The van der Waals surface area contributed by atoms with E-state index in [1.807, 2.05) is 0 Å². The quantitative estimate of drug-likeness (QED) is 0.778. The van der Waals surface area contributed by atoms with Gasteiger partial charge in [0.15, 0.2) is 0 Å². The molecular formula is C17H35N3. The molecule has 118 valence electrons. The predicted octanol–water partition coefficient (Wildman–Crippen LogP) is 2.56. The number of rotatable bonds is 7.